The first kappa shape index (κ1) is 18.2. The van der Waals surface area contributed by atoms with Crippen LogP contribution < -0.4 is 0 Å². The fourth-order valence-corrected chi connectivity index (χ4v) is 2.89. The molecule has 0 aliphatic carbocycles. The molecule has 0 bridgehead atoms. The molecule has 1 heterocycles. The Hall–Kier alpha value is -1.19. The Kier molecular flexibility index (Phi) is 8.33. The van der Waals surface area contributed by atoms with E-state index in [0.29, 0.717) is 12.8 Å². The van der Waals surface area contributed by atoms with E-state index in [1.54, 1.807) is 0 Å². The van der Waals surface area contributed by atoms with E-state index < -0.39 is 0 Å². The standard InChI is InChI=1S/C20H30O3/c1-2-3-4-5-6-8-17-9-11-18(12-10-17)19(21)13-14-20-22-15-7-16-23-20/h9-12,20H,2-8,13-16H2,1H3. The Morgan fingerprint density at radius 1 is 1.04 bits per heavy atom. The van der Waals surface area contributed by atoms with Crippen molar-refractivity contribution in [1.29, 1.82) is 0 Å². The van der Waals surface area contributed by atoms with Crippen LogP contribution in [-0.4, -0.2) is 25.3 Å². The highest BCUT2D eigenvalue weighted by atomic mass is 16.7. The maximum absolute atomic E-state index is 12.2. The monoisotopic (exact) mass is 318 g/mol. The predicted octanol–water partition coefficient (Wildman–Crippen LogP) is 4.93. The number of hydrogen-bond acceptors (Lipinski definition) is 3. The van der Waals surface area contributed by atoms with Gasteiger partial charge < -0.3 is 9.47 Å². The molecule has 1 aromatic carbocycles. The molecule has 1 fully saturated rings. The van der Waals surface area contributed by atoms with Crippen molar-refractivity contribution in [2.75, 3.05) is 13.2 Å². The first-order valence-corrected chi connectivity index (χ1v) is 9.15. The zero-order chi connectivity index (χ0) is 16.3. The highest BCUT2D eigenvalue weighted by molar-refractivity contribution is 5.96. The lowest BCUT2D eigenvalue weighted by molar-refractivity contribution is -0.180. The van der Waals surface area contributed by atoms with Crippen LogP contribution in [0.2, 0.25) is 0 Å². The van der Waals surface area contributed by atoms with Gasteiger partial charge in [-0.2, -0.15) is 0 Å². The molecule has 1 saturated heterocycles. The molecule has 0 radical (unpaired) electrons. The van der Waals surface area contributed by atoms with Crippen molar-refractivity contribution < 1.29 is 14.3 Å². The second-order valence-electron chi connectivity index (χ2n) is 6.35. The Morgan fingerprint density at radius 2 is 1.74 bits per heavy atom. The molecule has 1 aliphatic heterocycles. The van der Waals surface area contributed by atoms with E-state index >= 15 is 0 Å². The summed E-state index contributed by atoms with van der Waals surface area (Å²) in [6, 6.07) is 8.12. The van der Waals surface area contributed by atoms with E-state index in [4.69, 9.17) is 9.47 Å². The highest BCUT2D eigenvalue weighted by Crippen LogP contribution is 2.15. The second kappa shape index (κ2) is 10.6. The van der Waals surface area contributed by atoms with Crippen molar-refractivity contribution in [2.24, 2.45) is 0 Å². The topological polar surface area (TPSA) is 35.5 Å². The second-order valence-corrected chi connectivity index (χ2v) is 6.35. The molecule has 0 unspecified atom stereocenters. The van der Waals surface area contributed by atoms with Crippen LogP contribution in [0, 0.1) is 0 Å². The molecule has 128 valence electrons. The van der Waals surface area contributed by atoms with Crippen molar-refractivity contribution in [3.63, 3.8) is 0 Å². The maximum atomic E-state index is 12.2. The number of ketones is 1. The zero-order valence-corrected chi connectivity index (χ0v) is 14.4. The molecule has 0 atom stereocenters. The molecule has 3 nitrogen and oxygen atoms in total. The van der Waals surface area contributed by atoms with Gasteiger partial charge in [0.2, 0.25) is 0 Å². The van der Waals surface area contributed by atoms with E-state index in [2.05, 4.69) is 19.1 Å². The van der Waals surface area contributed by atoms with Crippen LogP contribution >= 0.6 is 0 Å². The summed E-state index contributed by atoms with van der Waals surface area (Å²) in [5.41, 5.74) is 2.13. The van der Waals surface area contributed by atoms with Crippen LogP contribution in [0.4, 0.5) is 0 Å². The number of carbonyl (C=O) groups is 1. The first-order valence-electron chi connectivity index (χ1n) is 9.15. The fourth-order valence-electron chi connectivity index (χ4n) is 2.89. The summed E-state index contributed by atoms with van der Waals surface area (Å²) in [5, 5.41) is 0. The SMILES string of the molecule is CCCCCCCc1ccc(C(=O)CCC2OCCCO2)cc1. The number of rotatable bonds is 10. The quantitative estimate of drug-likeness (QED) is 0.453. The van der Waals surface area contributed by atoms with E-state index in [9.17, 15) is 4.79 Å². The van der Waals surface area contributed by atoms with E-state index in [-0.39, 0.29) is 12.1 Å². The molecule has 2 rings (SSSR count). The van der Waals surface area contributed by atoms with Crippen molar-refractivity contribution in [2.45, 2.75) is 71.0 Å². The number of hydrogen-bond donors (Lipinski definition) is 0. The van der Waals surface area contributed by atoms with Crippen LogP contribution in [0.15, 0.2) is 24.3 Å². The van der Waals surface area contributed by atoms with Crippen LogP contribution in [0.5, 0.6) is 0 Å². The summed E-state index contributed by atoms with van der Waals surface area (Å²) in [6.07, 6.45) is 9.49. The lowest BCUT2D eigenvalue weighted by Crippen LogP contribution is -2.25. The summed E-state index contributed by atoms with van der Waals surface area (Å²) in [6.45, 7) is 3.72. The highest BCUT2D eigenvalue weighted by Gasteiger charge is 2.16. The van der Waals surface area contributed by atoms with Gasteiger partial charge >= 0.3 is 0 Å². The number of benzene rings is 1. The van der Waals surface area contributed by atoms with Crippen LogP contribution in [0.1, 0.15) is 74.2 Å². The average Bonchev–Trinajstić information content (AvgIpc) is 2.61. The molecule has 0 amide bonds. The van der Waals surface area contributed by atoms with E-state index in [0.717, 1.165) is 31.6 Å². The molecule has 0 N–H and O–H groups in total. The third-order valence-electron chi connectivity index (χ3n) is 4.35. The molecule has 1 aliphatic rings. The van der Waals surface area contributed by atoms with Gasteiger partial charge in [-0.25, -0.2) is 0 Å². The average molecular weight is 318 g/mol. The summed E-state index contributed by atoms with van der Waals surface area (Å²) in [4.78, 5) is 12.2. The Labute approximate surface area is 140 Å². The minimum Gasteiger partial charge on any atom is -0.353 e. The van der Waals surface area contributed by atoms with Gasteiger partial charge in [-0.05, 0) is 24.8 Å². The molecule has 3 heteroatoms. The summed E-state index contributed by atoms with van der Waals surface area (Å²) >= 11 is 0. The number of ether oxygens (including phenoxy) is 2. The van der Waals surface area contributed by atoms with Gasteiger partial charge in [0.15, 0.2) is 12.1 Å². The van der Waals surface area contributed by atoms with E-state index in [1.165, 1.54) is 37.7 Å². The summed E-state index contributed by atoms with van der Waals surface area (Å²) < 4.78 is 11.0. The number of unbranched alkanes of at least 4 members (excludes halogenated alkanes) is 4. The first-order chi connectivity index (χ1) is 11.3. The molecular formula is C20H30O3. The van der Waals surface area contributed by atoms with Gasteiger partial charge in [0.25, 0.3) is 0 Å². The van der Waals surface area contributed by atoms with Gasteiger partial charge in [0.1, 0.15) is 0 Å². The van der Waals surface area contributed by atoms with E-state index in [1.807, 2.05) is 12.1 Å². The van der Waals surface area contributed by atoms with Crippen LogP contribution in [0.3, 0.4) is 0 Å². The minimum atomic E-state index is -0.199. The number of aryl methyl sites for hydroxylation is 1. The molecule has 0 spiro atoms. The number of Topliss-reactive ketones (excluding diaryl/α,β-unsaturated/α-hetero) is 1. The molecule has 0 saturated carbocycles. The van der Waals surface area contributed by atoms with Crippen LogP contribution in [-0.2, 0) is 15.9 Å². The lowest BCUT2D eigenvalue weighted by atomic mass is 10.0. The molecule has 0 aromatic heterocycles. The summed E-state index contributed by atoms with van der Waals surface area (Å²) in [5.74, 6) is 0.178. The smallest absolute Gasteiger partial charge is 0.163 e. The van der Waals surface area contributed by atoms with Crippen LogP contribution in [0.25, 0.3) is 0 Å². The van der Waals surface area contributed by atoms with Crippen molar-refractivity contribution in [3.8, 4) is 0 Å². The van der Waals surface area contributed by atoms with Crippen molar-refractivity contribution in [1.82, 2.24) is 0 Å². The molecular weight excluding hydrogens is 288 g/mol. The summed E-state index contributed by atoms with van der Waals surface area (Å²) in [7, 11) is 0. The number of carbonyl (C=O) groups excluding carboxylic acids is 1. The van der Waals surface area contributed by atoms with Gasteiger partial charge in [0, 0.05) is 18.4 Å². The Morgan fingerprint density at radius 3 is 2.43 bits per heavy atom. The van der Waals surface area contributed by atoms with Gasteiger partial charge in [0.05, 0.1) is 13.2 Å². The normalized spacial score (nSPS) is 15.7. The van der Waals surface area contributed by atoms with Crippen molar-refractivity contribution in [3.05, 3.63) is 35.4 Å². The van der Waals surface area contributed by atoms with Crippen molar-refractivity contribution >= 4 is 5.78 Å². The largest absolute Gasteiger partial charge is 0.353 e. The van der Waals surface area contributed by atoms with Gasteiger partial charge in [-0.15, -0.1) is 0 Å². The maximum Gasteiger partial charge on any atom is 0.163 e. The minimum absolute atomic E-state index is 0.178. The third kappa shape index (κ3) is 6.84. The molecule has 1 aromatic rings. The van der Waals surface area contributed by atoms with Gasteiger partial charge in [-0.3, -0.25) is 4.79 Å². The lowest BCUT2D eigenvalue weighted by Gasteiger charge is -2.22. The zero-order valence-electron chi connectivity index (χ0n) is 14.4. The Bertz CT molecular complexity index is 446. The van der Waals surface area contributed by atoms with Gasteiger partial charge in [-0.1, -0.05) is 56.9 Å². The fraction of sp³-hybridized carbons (Fsp3) is 0.650. The third-order valence-corrected chi connectivity index (χ3v) is 4.35. The Balaban J connectivity index is 1.69. The molecule has 23 heavy (non-hydrogen) atoms. The predicted molar refractivity (Wildman–Crippen MR) is 92.8 cm³/mol.